The Kier molecular flexibility index (Phi) is 6.11. The molecule has 0 spiro atoms. The molecule has 1 unspecified atom stereocenters. The minimum absolute atomic E-state index is 0.108. The quantitative estimate of drug-likeness (QED) is 0.641. The lowest BCUT2D eigenvalue weighted by Crippen LogP contribution is -2.26. The van der Waals surface area contributed by atoms with Crippen LogP contribution in [0, 0.1) is 0 Å². The summed E-state index contributed by atoms with van der Waals surface area (Å²) < 4.78 is 10.6. The number of nitrogens with one attached hydrogen (secondary N) is 2. The zero-order chi connectivity index (χ0) is 19.9. The van der Waals surface area contributed by atoms with E-state index in [4.69, 9.17) is 9.47 Å². The van der Waals surface area contributed by atoms with Gasteiger partial charge < -0.3 is 20.1 Å². The minimum atomic E-state index is -0.190. The molecule has 28 heavy (non-hydrogen) atoms. The normalized spacial score (nSPS) is 11.4. The summed E-state index contributed by atoms with van der Waals surface area (Å²) in [4.78, 5) is 16.8. The van der Waals surface area contributed by atoms with Crippen molar-refractivity contribution in [2.75, 3.05) is 19.5 Å². The van der Waals surface area contributed by atoms with E-state index in [0.717, 1.165) is 11.3 Å². The number of aromatic nitrogens is 1. The van der Waals surface area contributed by atoms with Crippen LogP contribution in [0.3, 0.4) is 0 Å². The molecule has 1 atom stereocenters. The number of anilines is 2. The van der Waals surface area contributed by atoms with Gasteiger partial charge in [-0.05, 0) is 30.7 Å². The monoisotopic (exact) mass is 377 g/mol. The van der Waals surface area contributed by atoms with Crippen molar-refractivity contribution in [1.82, 2.24) is 10.3 Å². The molecule has 1 amide bonds. The third kappa shape index (κ3) is 4.59. The lowest BCUT2D eigenvalue weighted by atomic mass is 10.1. The minimum Gasteiger partial charge on any atom is -0.497 e. The van der Waals surface area contributed by atoms with E-state index in [1.165, 1.54) is 0 Å². The first kappa shape index (κ1) is 19.2. The molecule has 0 saturated heterocycles. The van der Waals surface area contributed by atoms with Gasteiger partial charge in [-0.3, -0.25) is 9.78 Å². The first-order valence-corrected chi connectivity index (χ1v) is 8.90. The van der Waals surface area contributed by atoms with E-state index in [1.807, 2.05) is 55.5 Å². The van der Waals surface area contributed by atoms with Crippen LogP contribution in [0.25, 0.3) is 0 Å². The number of carbonyl (C=O) groups excluding carboxylic acids is 1. The smallest absolute Gasteiger partial charge is 0.253 e. The highest BCUT2D eigenvalue weighted by Gasteiger charge is 2.13. The van der Waals surface area contributed by atoms with Crippen LogP contribution in [0.5, 0.6) is 11.5 Å². The fraction of sp³-hybridized carbons (Fsp3) is 0.182. The average Bonchev–Trinajstić information content (AvgIpc) is 2.74. The van der Waals surface area contributed by atoms with Crippen molar-refractivity contribution < 1.29 is 14.3 Å². The zero-order valence-corrected chi connectivity index (χ0v) is 16.1. The van der Waals surface area contributed by atoms with Crippen LogP contribution < -0.4 is 20.1 Å². The molecular formula is C22H23N3O3. The zero-order valence-electron chi connectivity index (χ0n) is 16.1. The lowest BCUT2D eigenvalue weighted by molar-refractivity contribution is 0.0939. The molecular weight excluding hydrogens is 354 g/mol. The Morgan fingerprint density at radius 1 is 1.00 bits per heavy atom. The Morgan fingerprint density at radius 2 is 1.79 bits per heavy atom. The second kappa shape index (κ2) is 8.90. The number of benzene rings is 2. The Morgan fingerprint density at radius 3 is 2.50 bits per heavy atom. The van der Waals surface area contributed by atoms with Gasteiger partial charge in [-0.25, -0.2) is 0 Å². The molecule has 0 saturated carbocycles. The first-order chi connectivity index (χ1) is 13.6. The lowest BCUT2D eigenvalue weighted by Gasteiger charge is -2.15. The van der Waals surface area contributed by atoms with Crippen molar-refractivity contribution in [2.45, 2.75) is 13.0 Å². The van der Waals surface area contributed by atoms with Gasteiger partial charge in [-0.15, -0.1) is 0 Å². The highest BCUT2D eigenvalue weighted by molar-refractivity contribution is 5.95. The van der Waals surface area contributed by atoms with Crippen LogP contribution in [0.4, 0.5) is 11.4 Å². The molecule has 3 rings (SSSR count). The van der Waals surface area contributed by atoms with Gasteiger partial charge in [-0.2, -0.15) is 0 Å². The van der Waals surface area contributed by atoms with Gasteiger partial charge in [0.15, 0.2) is 0 Å². The summed E-state index contributed by atoms with van der Waals surface area (Å²) in [5, 5.41) is 6.22. The maximum Gasteiger partial charge on any atom is 0.253 e. The van der Waals surface area contributed by atoms with Crippen LogP contribution >= 0.6 is 0 Å². The molecule has 2 N–H and O–H groups in total. The summed E-state index contributed by atoms with van der Waals surface area (Å²) in [5.41, 5.74) is 2.90. The van der Waals surface area contributed by atoms with Gasteiger partial charge in [0.1, 0.15) is 11.5 Å². The fourth-order valence-corrected chi connectivity index (χ4v) is 2.80. The van der Waals surface area contributed by atoms with Crippen molar-refractivity contribution in [3.05, 3.63) is 78.1 Å². The van der Waals surface area contributed by atoms with Crippen molar-refractivity contribution in [3.63, 3.8) is 0 Å². The van der Waals surface area contributed by atoms with Crippen molar-refractivity contribution in [3.8, 4) is 11.5 Å². The number of hydrogen-bond donors (Lipinski definition) is 2. The van der Waals surface area contributed by atoms with E-state index in [-0.39, 0.29) is 11.9 Å². The molecule has 0 fully saturated rings. The molecule has 2 aromatic carbocycles. The molecule has 3 aromatic rings. The highest BCUT2D eigenvalue weighted by atomic mass is 16.5. The molecule has 0 aliphatic heterocycles. The summed E-state index contributed by atoms with van der Waals surface area (Å²) in [6, 6.07) is 16.9. The van der Waals surface area contributed by atoms with Crippen LogP contribution in [0.1, 0.15) is 28.9 Å². The van der Waals surface area contributed by atoms with E-state index in [2.05, 4.69) is 15.6 Å². The fourth-order valence-electron chi connectivity index (χ4n) is 2.80. The maximum absolute atomic E-state index is 12.6. The maximum atomic E-state index is 12.6. The number of amides is 1. The van der Waals surface area contributed by atoms with E-state index in [9.17, 15) is 4.79 Å². The van der Waals surface area contributed by atoms with E-state index < -0.39 is 0 Å². The molecule has 6 nitrogen and oxygen atoms in total. The van der Waals surface area contributed by atoms with E-state index in [1.54, 1.807) is 32.7 Å². The van der Waals surface area contributed by atoms with Crippen LogP contribution in [-0.4, -0.2) is 25.1 Å². The molecule has 6 heteroatoms. The summed E-state index contributed by atoms with van der Waals surface area (Å²) in [5.74, 6) is 1.17. The predicted octanol–water partition coefficient (Wildman–Crippen LogP) is 4.33. The van der Waals surface area contributed by atoms with Crippen molar-refractivity contribution >= 4 is 17.3 Å². The van der Waals surface area contributed by atoms with Crippen LogP contribution in [0.2, 0.25) is 0 Å². The third-order valence-corrected chi connectivity index (χ3v) is 4.33. The first-order valence-electron chi connectivity index (χ1n) is 8.90. The number of ether oxygens (including phenoxy) is 2. The molecule has 0 aliphatic carbocycles. The molecule has 1 heterocycles. The molecule has 0 aliphatic rings. The van der Waals surface area contributed by atoms with Gasteiger partial charge >= 0.3 is 0 Å². The number of hydrogen-bond acceptors (Lipinski definition) is 5. The van der Waals surface area contributed by atoms with Crippen LogP contribution in [0.15, 0.2) is 67.0 Å². The molecule has 0 bridgehead atoms. The Labute approximate surface area is 164 Å². The number of nitrogens with zero attached hydrogens (tertiary/aromatic N) is 1. The topological polar surface area (TPSA) is 72.5 Å². The Hall–Kier alpha value is -3.54. The van der Waals surface area contributed by atoms with Crippen LogP contribution in [-0.2, 0) is 0 Å². The Balaban J connectivity index is 1.76. The summed E-state index contributed by atoms with van der Waals surface area (Å²) in [7, 11) is 3.20. The molecule has 0 radical (unpaired) electrons. The van der Waals surface area contributed by atoms with Gasteiger partial charge in [0.25, 0.3) is 5.91 Å². The predicted molar refractivity (Wildman–Crippen MR) is 109 cm³/mol. The number of rotatable bonds is 7. The van der Waals surface area contributed by atoms with Gasteiger partial charge in [0, 0.05) is 12.3 Å². The largest absolute Gasteiger partial charge is 0.497 e. The second-order valence-corrected chi connectivity index (χ2v) is 6.26. The van der Waals surface area contributed by atoms with Crippen molar-refractivity contribution in [2.24, 2.45) is 0 Å². The number of carbonyl (C=O) groups is 1. The van der Waals surface area contributed by atoms with E-state index >= 15 is 0 Å². The highest BCUT2D eigenvalue weighted by Crippen LogP contribution is 2.31. The van der Waals surface area contributed by atoms with Gasteiger partial charge in [-0.1, -0.05) is 30.3 Å². The van der Waals surface area contributed by atoms with E-state index in [0.29, 0.717) is 22.7 Å². The number of pyridine rings is 1. The summed E-state index contributed by atoms with van der Waals surface area (Å²) in [6.45, 7) is 1.95. The molecule has 1 aromatic heterocycles. The Bertz CT molecular complexity index is 945. The number of methoxy groups -OCH3 is 2. The van der Waals surface area contributed by atoms with Gasteiger partial charge in [0.2, 0.25) is 0 Å². The standard InChI is InChI=1S/C22H23N3O3/c1-15(16-7-5-4-6-8-16)24-22(26)17-11-18(14-23-13-17)25-20-12-19(27-2)9-10-21(20)28-3/h4-15,25H,1-3H3,(H,24,26). The summed E-state index contributed by atoms with van der Waals surface area (Å²) in [6.07, 6.45) is 3.19. The van der Waals surface area contributed by atoms with Crippen molar-refractivity contribution in [1.29, 1.82) is 0 Å². The second-order valence-electron chi connectivity index (χ2n) is 6.26. The van der Waals surface area contributed by atoms with Gasteiger partial charge in [0.05, 0.1) is 43.4 Å². The average molecular weight is 377 g/mol. The summed E-state index contributed by atoms with van der Waals surface area (Å²) >= 11 is 0. The SMILES string of the molecule is COc1ccc(OC)c(Nc2cncc(C(=O)NC(C)c3ccccc3)c2)c1. The molecule has 144 valence electrons. The third-order valence-electron chi connectivity index (χ3n) is 4.33.